The lowest BCUT2D eigenvalue weighted by Crippen LogP contribution is -2.27. The van der Waals surface area contributed by atoms with Crippen molar-refractivity contribution < 1.29 is 23.1 Å². The molecule has 0 bridgehead atoms. The second-order valence-corrected chi connectivity index (χ2v) is 10.1. The molecule has 0 aromatic carbocycles. The van der Waals surface area contributed by atoms with Gasteiger partial charge in [0.05, 0.1) is 29.2 Å². The monoisotopic (exact) mass is 494 g/mol. The summed E-state index contributed by atoms with van der Waals surface area (Å²) in [5.41, 5.74) is 1.29. The van der Waals surface area contributed by atoms with Crippen LogP contribution in [0.5, 0.6) is 5.88 Å². The first kappa shape index (κ1) is 24.8. The van der Waals surface area contributed by atoms with Crippen LogP contribution in [0.15, 0.2) is 24.7 Å². The van der Waals surface area contributed by atoms with E-state index in [2.05, 4.69) is 30.3 Å². The predicted molar refractivity (Wildman–Crippen MR) is 127 cm³/mol. The first-order valence-electron chi connectivity index (χ1n) is 10.2. The number of aliphatic hydroxyl groups is 1. The minimum absolute atomic E-state index is 0.144. The van der Waals surface area contributed by atoms with Crippen LogP contribution >= 0.6 is 11.3 Å². The Morgan fingerprint density at radius 1 is 1.27 bits per heavy atom. The van der Waals surface area contributed by atoms with Crippen LogP contribution in [-0.2, 0) is 10.0 Å². The zero-order valence-electron chi connectivity index (χ0n) is 18.5. The third-order valence-corrected chi connectivity index (χ3v) is 6.51. The molecule has 11 nitrogen and oxygen atoms in total. The summed E-state index contributed by atoms with van der Waals surface area (Å²) in [7, 11) is -3.26. The van der Waals surface area contributed by atoms with Crippen LogP contribution in [0.3, 0.4) is 0 Å². The number of ether oxygens (including phenoxy) is 1. The van der Waals surface area contributed by atoms with Gasteiger partial charge in [-0.2, -0.15) is 0 Å². The maximum atomic E-state index is 12.4. The largest absolute Gasteiger partial charge is 0.473 e. The van der Waals surface area contributed by atoms with Gasteiger partial charge in [-0.25, -0.2) is 28.1 Å². The molecule has 1 amide bonds. The van der Waals surface area contributed by atoms with Gasteiger partial charge in [-0.15, -0.1) is 11.3 Å². The number of aryl methyl sites for hydroxylation is 1. The van der Waals surface area contributed by atoms with Gasteiger partial charge in [0.1, 0.15) is 22.7 Å². The van der Waals surface area contributed by atoms with Crippen molar-refractivity contribution in [3.05, 3.63) is 35.1 Å². The number of thiophene rings is 1. The summed E-state index contributed by atoms with van der Waals surface area (Å²) in [6.07, 6.45) is 4.26. The standard InChI is InChI=1S/C20H26N6O5S2/c1-12(6-8-25-33(3,29)30)31-19-14(5-4-7-22-19)26-17-15-13(2)16(18(28)21-9-10-27)32-20(15)24-11-23-17/h4-5,7,11-12,25,27H,6,8-10H2,1-3H3,(H,21,28)(H,23,24,26). The predicted octanol–water partition coefficient (Wildman–Crippen LogP) is 1.57. The van der Waals surface area contributed by atoms with Crippen molar-refractivity contribution >= 4 is 49.0 Å². The van der Waals surface area contributed by atoms with E-state index in [0.29, 0.717) is 38.9 Å². The quantitative estimate of drug-likeness (QED) is 0.311. The lowest BCUT2D eigenvalue weighted by molar-refractivity contribution is 0.0948. The highest BCUT2D eigenvalue weighted by atomic mass is 32.2. The minimum atomic E-state index is -3.26. The molecular formula is C20H26N6O5S2. The summed E-state index contributed by atoms with van der Waals surface area (Å²) in [6.45, 7) is 3.91. The van der Waals surface area contributed by atoms with Crippen molar-refractivity contribution in [3.8, 4) is 5.88 Å². The van der Waals surface area contributed by atoms with Crippen molar-refractivity contribution in [1.29, 1.82) is 0 Å². The molecule has 178 valence electrons. The Hall–Kier alpha value is -2.87. The summed E-state index contributed by atoms with van der Waals surface area (Å²) in [4.78, 5) is 26.5. The zero-order valence-corrected chi connectivity index (χ0v) is 20.1. The number of hydrogen-bond acceptors (Lipinski definition) is 10. The number of anilines is 2. The van der Waals surface area contributed by atoms with Crippen molar-refractivity contribution in [1.82, 2.24) is 25.0 Å². The van der Waals surface area contributed by atoms with Crippen molar-refractivity contribution in [2.24, 2.45) is 0 Å². The molecule has 0 spiro atoms. The summed E-state index contributed by atoms with van der Waals surface area (Å²) >= 11 is 1.25. The van der Waals surface area contributed by atoms with E-state index in [1.54, 1.807) is 18.3 Å². The second-order valence-electron chi connectivity index (χ2n) is 7.30. The van der Waals surface area contributed by atoms with Crippen LogP contribution in [0.25, 0.3) is 10.2 Å². The van der Waals surface area contributed by atoms with E-state index in [9.17, 15) is 13.2 Å². The molecule has 3 rings (SSSR count). The van der Waals surface area contributed by atoms with Gasteiger partial charge >= 0.3 is 0 Å². The smallest absolute Gasteiger partial charge is 0.261 e. The van der Waals surface area contributed by atoms with Crippen LogP contribution in [0.1, 0.15) is 28.6 Å². The molecule has 0 saturated heterocycles. The third kappa shape index (κ3) is 6.57. The number of carbonyl (C=O) groups excluding carboxylic acids is 1. The normalized spacial score (nSPS) is 12.5. The van der Waals surface area contributed by atoms with Crippen LogP contribution in [0.4, 0.5) is 11.5 Å². The van der Waals surface area contributed by atoms with E-state index in [4.69, 9.17) is 9.84 Å². The lowest BCUT2D eigenvalue weighted by Gasteiger charge is -2.17. The fraction of sp³-hybridized carbons (Fsp3) is 0.400. The highest BCUT2D eigenvalue weighted by Gasteiger charge is 2.20. The molecule has 0 radical (unpaired) electrons. The van der Waals surface area contributed by atoms with E-state index in [1.807, 2.05) is 13.8 Å². The van der Waals surface area contributed by atoms with Gasteiger partial charge in [0, 0.05) is 19.3 Å². The summed E-state index contributed by atoms with van der Waals surface area (Å²) < 4.78 is 30.8. The van der Waals surface area contributed by atoms with Gasteiger partial charge in [0.2, 0.25) is 15.9 Å². The van der Waals surface area contributed by atoms with Crippen LogP contribution in [0, 0.1) is 6.92 Å². The molecule has 1 unspecified atom stereocenters. The van der Waals surface area contributed by atoms with Crippen molar-refractivity contribution in [3.63, 3.8) is 0 Å². The molecular weight excluding hydrogens is 468 g/mol. The lowest BCUT2D eigenvalue weighted by atomic mass is 10.2. The average molecular weight is 495 g/mol. The molecule has 3 aromatic heterocycles. The van der Waals surface area contributed by atoms with Crippen LogP contribution < -0.4 is 20.1 Å². The number of amides is 1. The number of rotatable bonds is 11. The first-order valence-corrected chi connectivity index (χ1v) is 12.9. The molecule has 3 heterocycles. The molecule has 13 heteroatoms. The van der Waals surface area contributed by atoms with Crippen LogP contribution in [0.2, 0.25) is 0 Å². The van der Waals surface area contributed by atoms with Gasteiger partial charge in [-0.3, -0.25) is 4.79 Å². The maximum absolute atomic E-state index is 12.4. The second kappa shape index (κ2) is 10.8. The van der Waals surface area contributed by atoms with Gasteiger partial charge < -0.3 is 20.5 Å². The fourth-order valence-corrected chi connectivity index (χ4v) is 4.59. The number of hydrogen-bond donors (Lipinski definition) is 4. The fourth-order valence-electron chi connectivity index (χ4n) is 3.04. The Bertz CT molecular complexity index is 1230. The number of nitrogens with zero attached hydrogens (tertiary/aromatic N) is 3. The SMILES string of the molecule is Cc1c(C(=O)NCCO)sc2ncnc(Nc3cccnc3OC(C)CCNS(C)(=O)=O)c12. The number of carbonyl (C=O) groups is 1. The van der Waals surface area contributed by atoms with Crippen molar-refractivity contribution in [2.45, 2.75) is 26.4 Å². The molecule has 1 atom stereocenters. The Kier molecular flexibility index (Phi) is 8.13. The number of fused-ring (bicyclic) bond motifs is 1. The molecule has 33 heavy (non-hydrogen) atoms. The molecule has 0 aliphatic heterocycles. The highest BCUT2D eigenvalue weighted by molar-refractivity contribution is 7.88. The Labute approximate surface area is 195 Å². The molecule has 0 aliphatic rings. The summed E-state index contributed by atoms with van der Waals surface area (Å²) in [6, 6.07) is 3.53. The van der Waals surface area contributed by atoms with Gasteiger partial charge in [-0.1, -0.05) is 0 Å². The van der Waals surface area contributed by atoms with Gasteiger partial charge in [-0.05, 0) is 38.0 Å². The summed E-state index contributed by atoms with van der Waals surface area (Å²) in [5, 5.41) is 15.5. The molecule has 3 aromatic rings. The van der Waals surface area contributed by atoms with E-state index in [0.717, 1.165) is 11.8 Å². The summed E-state index contributed by atoms with van der Waals surface area (Å²) in [5.74, 6) is 0.557. The molecule has 4 N–H and O–H groups in total. The topological polar surface area (TPSA) is 155 Å². The number of aromatic nitrogens is 3. The van der Waals surface area contributed by atoms with Gasteiger partial charge in [0.15, 0.2) is 0 Å². The van der Waals surface area contributed by atoms with E-state index >= 15 is 0 Å². The van der Waals surface area contributed by atoms with Crippen molar-refractivity contribution in [2.75, 3.05) is 31.3 Å². The maximum Gasteiger partial charge on any atom is 0.261 e. The van der Waals surface area contributed by atoms with E-state index in [1.165, 1.54) is 17.7 Å². The minimum Gasteiger partial charge on any atom is -0.473 e. The average Bonchev–Trinajstić information content (AvgIpc) is 3.10. The Morgan fingerprint density at radius 3 is 2.79 bits per heavy atom. The number of aliphatic hydroxyl groups excluding tert-OH is 1. The molecule has 0 saturated carbocycles. The number of pyridine rings is 1. The van der Waals surface area contributed by atoms with E-state index < -0.39 is 10.0 Å². The number of nitrogens with one attached hydrogen (secondary N) is 3. The first-order chi connectivity index (χ1) is 15.7. The molecule has 0 aliphatic carbocycles. The third-order valence-electron chi connectivity index (χ3n) is 4.58. The van der Waals surface area contributed by atoms with Gasteiger partial charge in [0.25, 0.3) is 5.91 Å². The highest BCUT2D eigenvalue weighted by Crippen LogP contribution is 2.35. The Morgan fingerprint density at radius 2 is 2.06 bits per heavy atom. The number of sulfonamides is 1. The molecule has 0 fully saturated rings. The van der Waals surface area contributed by atoms with E-state index in [-0.39, 0.29) is 31.7 Å². The van der Waals surface area contributed by atoms with Crippen LogP contribution in [-0.4, -0.2) is 66.4 Å². The Balaban J connectivity index is 1.82. The zero-order chi connectivity index (χ0) is 24.0.